The highest BCUT2D eigenvalue weighted by Gasteiger charge is 2.22. The van der Waals surface area contributed by atoms with Crippen molar-refractivity contribution in [2.75, 3.05) is 13.1 Å². The highest BCUT2D eigenvalue weighted by Crippen LogP contribution is 2.28. The van der Waals surface area contributed by atoms with Crippen molar-refractivity contribution < 1.29 is 0 Å². The van der Waals surface area contributed by atoms with Gasteiger partial charge in [-0.1, -0.05) is 52.0 Å². The van der Waals surface area contributed by atoms with Crippen LogP contribution >= 0.6 is 0 Å². The Bertz CT molecular complexity index is 186. The number of hydrogen-bond donors (Lipinski definition) is 1. The maximum Gasteiger partial charge on any atom is -0.00407 e. The van der Waals surface area contributed by atoms with Gasteiger partial charge in [-0.3, -0.25) is 0 Å². The summed E-state index contributed by atoms with van der Waals surface area (Å²) in [6.07, 6.45) is 12.4. The fourth-order valence-electron chi connectivity index (χ4n) is 1.80. The summed E-state index contributed by atoms with van der Waals surface area (Å²) in [6.45, 7) is 15.0. The Morgan fingerprint density at radius 1 is 1.06 bits per heavy atom. The Kier molecular flexibility index (Phi) is 14.9. The molecule has 0 amide bonds. The Morgan fingerprint density at radius 3 is 1.88 bits per heavy atom. The zero-order valence-electron chi connectivity index (χ0n) is 12.8. The molecule has 0 bridgehead atoms. The van der Waals surface area contributed by atoms with Crippen LogP contribution in [0.1, 0.15) is 60.8 Å². The van der Waals surface area contributed by atoms with Crippen molar-refractivity contribution >= 4 is 0 Å². The van der Waals surface area contributed by atoms with Crippen LogP contribution in [0.15, 0.2) is 24.3 Å². The SMILES string of the molecule is C/C=C/C1(C)CCNCC1.C/C=C/CC.CC. The van der Waals surface area contributed by atoms with Crippen molar-refractivity contribution in [3.63, 3.8) is 0 Å². The van der Waals surface area contributed by atoms with Crippen LogP contribution in [0.5, 0.6) is 0 Å². The third-order valence-corrected chi connectivity index (χ3v) is 2.79. The summed E-state index contributed by atoms with van der Waals surface area (Å²) < 4.78 is 0. The highest BCUT2D eigenvalue weighted by atomic mass is 14.9. The van der Waals surface area contributed by atoms with Gasteiger partial charge in [-0.15, -0.1) is 0 Å². The minimum Gasteiger partial charge on any atom is -0.317 e. The van der Waals surface area contributed by atoms with Crippen LogP contribution in [0, 0.1) is 5.41 Å². The van der Waals surface area contributed by atoms with Crippen molar-refractivity contribution in [3.05, 3.63) is 24.3 Å². The van der Waals surface area contributed by atoms with E-state index in [1.165, 1.54) is 25.9 Å². The molecule has 1 aliphatic rings. The molecule has 1 rings (SSSR count). The van der Waals surface area contributed by atoms with Crippen LogP contribution in [-0.4, -0.2) is 13.1 Å². The van der Waals surface area contributed by atoms with E-state index in [4.69, 9.17) is 0 Å². The number of allylic oxidation sites excluding steroid dienone is 4. The lowest BCUT2D eigenvalue weighted by atomic mass is 9.81. The van der Waals surface area contributed by atoms with E-state index in [0.29, 0.717) is 5.41 Å². The lowest BCUT2D eigenvalue weighted by molar-refractivity contribution is 0.301. The molecule has 0 aliphatic carbocycles. The normalized spacial score (nSPS) is 18.2. The van der Waals surface area contributed by atoms with E-state index in [-0.39, 0.29) is 0 Å². The maximum absolute atomic E-state index is 3.36. The molecule has 0 atom stereocenters. The Hall–Kier alpha value is -0.560. The summed E-state index contributed by atoms with van der Waals surface area (Å²) in [5.41, 5.74) is 0.486. The third-order valence-electron chi connectivity index (χ3n) is 2.79. The van der Waals surface area contributed by atoms with Gasteiger partial charge in [0, 0.05) is 0 Å². The summed E-state index contributed by atoms with van der Waals surface area (Å²) in [5.74, 6) is 0. The molecule has 1 fully saturated rings. The number of nitrogens with one attached hydrogen (secondary N) is 1. The number of rotatable bonds is 2. The molecule has 0 radical (unpaired) electrons. The lowest BCUT2D eigenvalue weighted by Gasteiger charge is -2.30. The standard InChI is InChI=1S/C9H17N.C5H10.C2H6/c1-3-4-9(2)5-7-10-8-6-9;1-3-5-4-2;1-2/h3-4,10H,5-8H2,1-2H3;3,5H,4H2,1-2H3;1-2H3/b4-3+;5-3+;. The molecular weight excluding hydrogens is 206 g/mol. The number of hydrogen-bond acceptors (Lipinski definition) is 1. The van der Waals surface area contributed by atoms with Crippen molar-refractivity contribution in [1.82, 2.24) is 5.32 Å². The molecule has 0 unspecified atom stereocenters. The van der Waals surface area contributed by atoms with E-state index in [0.717, 1.165) is 6.42 Å². The largest absolute Gasteiger partial charge is 0.317 e. The fourth-order valence-corrected chi connectivity index (χ4v) is 1.80. The average Bonchev–Trinajstić information content (AvgIpc) is 2.34. The molecule has 0 saturated carbocycles. The second kappa shape index (κ2) is 13.5. The minimum absolute atomic E-state index is 0.486. The summed E-state index contributed by atoms with van der Waals surface area (Å²) >= 11 is 0. The van der Waals surface area contributed by atoms with Crippen LogP contribution in [-0.2, 0) is 0 Å². The van der Waals surface area contributed by atoms with Crippen molar-refractivity contribution in [2.45, 2.75) is 60.8 Å². The van der Waals surface area contributed by atoms with Gasteiger partial charge in [0.15, 0.2) is 0 Å². The third kappa shape index (κ3) is 11.7. The van der Waals surface area contributed by atoms with E-state index in [2.05, 4.69) is 50.4 Å². The molecule has 0 aromatic carbocycles. The summed E-state index contributed by atoms with van der Waals surface area (Å²) in [5, 5.41) is 3.36. The average molecular weight is 239 g/mol. The topological polar surface area (TPSA) is 12.0 Å². The van der Waals surface area contributed by atoms with Gasteiger partial charge in [-0.2, -0.15) is 0 Å². The first kappa shape index (κ1) is 18.8. The van der Waals surface area contributed by atoms with Crippen LogP contribution in [0.25, 0.3) is 0 Å². The van der Waals surface area contributed by atoms with Gasteiger partial charge < -0.3 is 5.32 Å². The molecule has 17 heavy (non-hydrogen) atoms. The van der Waals surface area contributed by atoms with Gasteiger partial charge >= 0.3 is 0 Å². The van der Waals surface area contributed by atoms with Crippen LogP contribution in [0.2, 0.25) is 0 Å². The molecule has 1 aliphatic heterocycles. The molecule has 1 N–H and O–H groups in total. The first-order valence-electron chi connectivity index (χ1n) is 7.14. The quantitative estimate of drug-likeness (QED) is 0.672. The second-order valence-corrected chi connectivity index (χ2v) is 4.38. The zero-order valence-corrected chi connectivity index (χ0v) is 12.8. The first-order chi connectivity index (χ1) is 8.18. The van der Waals surface area contributed by atoms with Gasteiger partial charge in [0.1, 0.15) is 0 Å². The lowest BCUT2D eigenvalue weighted by Crippen LogP contribution is -2.33. The zero-order chi connectivity index (χ0) is 13.6. The predicted molar refractivity (Wildman–Crippen MR) is 81.5 cm³/mol. The predicted octanol–water partition coefficient (Wildman–Crippen LogP) is 4.95. The molecule has 0 aromatic heterocycles. The Morgan fingerprint density at radius 2 is 1.59 bits per heavy atom. The van der Waals surface area contributed by atoms with E-state index >= 15 is 0 Å². The van der Waals surface area contributed by atoms with Crippen LogP contribution in [0.4, 0.5) is 0 Å². The Balaban J connectivity index is 0. The maximum atomic E-state index is 3.36. The second-order valence-electron chi connectivity index (χ2n) is 4.38. The molecule has 102 valence electrons. The smallest absolute Gasteiger partial charge is 0.00407 e. The number of piperidine rings is 1. The van der Waals surface area contributed by atoms with Gasteiger partial charge in [0.25, 0.3) is 0 Å². The highest BCUT2D eigenvalue weighted by molar-refractivity contribution is 4.97. The van der Waals surface area contributed by atoms with Crippen LogP contribution in [0.3, 0.4) is 0 Å². The van der Waals surface area contributed by atoms with Gasteiger partial charge in [-0.25, -0.2) is 0 Å². The molecular formula is C16H33N. The Labute approximate surface area is 109 Å². The summed E-state index contributed by atoms with van der Waals surface area (Å²) in [4.78, 5) is 0. The first-order valence-corrected chi connectivity index (χ1v) is 7.14. The minimum atomic E-state index is 0.486. The van der Waals surface area contributed by atoms with Crippen molar-refractivity contribution in [1.29, 1.82) is 0 Å². The van der Waals surface area contributed by atoms with Crippen molar-refractivity contribution in [2.24, 2.45) is 5.41 Å². The van der Waals surface area contributed by atoms with Crippen molar-refractivity contribution in [3.8, 4) is 0 Å². The van der Waals surface area contributed by atoms with E-state index in [1.807, 2.05) is 20.8 Å². The van der Waals surface area contributed by atoms with Crippen LogP contribution < -0.4 is 5.32 Å². The molecule has 0 spiro atoms. The monoisotopic (exact) mass is 239 g/mol. The summed E-state index contributed by atoms with van der Waals surface area (Å²) in [6, 6.07) is 0. The summed E-state index contributed by atoms with van der Waals surface area (Å²) in [7, 11) is 0. The molecule has 1 heteroatoms. The van der Waals surface area contributed by atoms with E-state index < -0.39 is 0 Å². The molecule has 1 nitrogen and oxygen atoms in total. The van der Waals surface area contributed by atoms with Gasteiger partial charge in [-0.05, 0) is 51.6 Å². The van der Waals surface area contributed by atoms with E-state index in [9.17, 15) is 0 Å². The molecule has 1 saturated heterocycles. The fraction of sp³-hybridized carbons (Fsp3) is 0.750. The molecule has 1 heterocycles. The van der Waals surface area contributed by atoms with Gasteiger partial charge in [0.05, 0.1) is 0 Å². The van der Waals surface area contributed by atoms with E-state index in [1.54, 1.807) is 0 Å². The molecule has 0 aromatic rings. The van der Waals surface area contributed by atoms with Gasteiger partial charge in [0.2, 0.25) is 0 Å².